The van der Waals surface area contributed by atoms with Crippen molar-refractivity contribution in [3.8, 4) is 11.3 Å². The zero-order chi connectivity index (χ0) is 18.1. The van der Waals surface area contributed by atoms with Crippen LogP contribution in [-0.4, -0.2) is 59.5 Å². The fourth-order valence-electron chi connectivity index (χ4n) is 4.46. The zero-order valence-corrected chi connectivity index (χ0v) is 15.3. The highest BCUT2D eigenvalue weighted by Crippen LogP contribution is 2.43. The summed E-state index contributed by atoms with van der Waals surface area (Å²) in [6.07, 6.45) is 3.77. The molecule has 26 heavy (non-hydrogen) atoms. The number of benzene rings is 1. The quantitative estimate of drug-likeness (QED) is 0.916. The molecule has 6 heteroatoms. The Morgan fingerprint density at radius 3 is 2.81 bits per heavy atom. The zero-order valence-electron chi connectivity index (χ0n) is 15.3. The first-order valence-corrected chi connectivity index (χ1v) is 9.16. The van der Waals surface area contributed by atoms with Gasteiger partial charge in [-0.15, -0.1) is 0 Å². The molecule has 0 spiro atoms. The standard InChI is InChI=1S/C20H25N3O3/c1-25-15-8-9-20(26-2)10-11-23(18(20)12-15)19(24)17-13-16(21-22-17)14-6-4-3-5-7-14/h3-7,13,15,18H,8-12H2,1-2H3,(H,21,22)/t15-,18+,20-/m1/s1. The molecule has 1 amide bonds. The second-order valence-electron chi connectivity index (χ2n) is 7.20. The molecule has 1 saturated heterocycles. The number of amides is 1. The molecule has 2 fully saturated rings. The van der Waals surface area contributed by atoms with Crippen molar-refractivity contribution in [1.29, 1.82) is 0 Å². The normalized spacial score (nSPS) is 28.2. The van der Waals surface area contributed by atoms with E-state index in [0.717, 1.165) is 36.9 Å². The summed E-state index contributed by atoms with van der Waals surface area (Å²) in [7, 11) is 3.50. The number of aromatic nitrogens is 2. The Balaban J connectivity index is 1.57. The molecular formula is C20H25N3O3. The smallest absolute Gasteiger partial charge is 0.272 e. The molecule has 2 aromatic rings. The number of carbonyl (C=O) groups is 1. The van der Waals surface area contributed by atoms with Crippen molar-refractivity contribution in [3.63, 3.8) is 0 Å². The van der Waals surface area contributed by atoms with Crippen molar-refractivity contribution >= 4 is 5.91 Å². The van der Waals surface area contributed by atoms with Gasteiger partial charge in [0.15, 0.2) is 0 Å². The van der Waals surface area contributed by atoms with Gasteiger partial charge in [-0.05, 0) is 31.7 Å². The van der Waals surface area contributed by atoms with Crippen LogP contribution in [0.25, 0.3) is 11.3 Å². The van der Waals surface area contributed by atoms with E-state index < -0.39 is 0 Å². The van der Waals surface area contributed by atoms with Gasteiger partial charge in [0.05, 0.1) is 23.4 Å². The van der Waals surface area contributed by atoms with Crippen LogP contribution < -0.4 is 0 Å². The summed E-state index contributed by atoms with van der Waals surface area (Å²) in [6.45, 7) is 0.702. The number of hydrogen-bond acceptors (Lipinski definition) is 4. The van der Waals surface area contributed by atoms with E-state index in [1.54, 1.807) is 14.2 Å². The highest BCUT2D eigenvalue weighted by Gasteiger charge is 2.52. The largest absolute Gasteiger partial charge is 0.381 e. The number of rotatable bonds is 4. The van der Waals surface area contributed by atoms with Gasteiger partial charge in [-0.25, -0.2) is 0 Å². The topological polar surface area (TPSA) is 67.5 Å². The number of hydrogen-bond donors (Lipinski definition) is 1. The van der Waals surface area contributed by atoms with Crippen LogP contribution in [-0.2, 0) is 9.47 Å². The number of H-pyrrole nitrogens is 1. The lowest BCUT2D eigenvalue weighted by molar-refractivity contribution is -0.0894. The van der Waals surface area contributed by atoms with E-state index in [9.17, 15) is 4.79 Å². The molecular weight excluding hydrogens is 330 g/mol. The van der Waals surface area contributed by atoms with Crippen molar-refractivity contribution in [3.05, 3.63) is 42.1 Å². The van der Waals surface area contributed by atoms with Crippen LogP contribution in [0.2, 0.25) is 0 Å². The van der Waals surface area contributed by atoms with E-state index in [1.807, 2.05) is 41.3 Å². The molecule has 1 aliphatic carbocycles. The molecule has 3 atom stereocenters. The van der Waals surface area contributed by atoms with Gasteiger partial charge in [-0.3, -0.25) is 9.89 Å². The average Bonchev–Trinajstić information content (AvgIpc) is 3.33. The van der Waals surface area contributed by atoms with Gasteiger partial charge in [-0.1, -0.05) is 30.3 Å². The second-order valence-corrected chi connectivity index (χ2v) is 7.20. The summed E-state index contributed by atoms with van der Waals surface area (Å²) in [4.78, 5) is 15.1. The van der Waals surface area contributed by atoms with Crippen molar-refractivity contribution < 1.29 is 14.3 Å². The molecule has 1 N–H and O–H groups in total. The first-order valence-electron chi connectivity index (χ1n) is 9.16. The van der Waals surface area contributed by atoms with E-state index in [-0.39, 0.29) is 23.7 Å². The number of aromatic amines is 1. The first kappa shape index (κ1) is 17.2. The number of likely N-dealkylation sites (tertiary alicyclic amines) is 1. The van der Waals surface area contributed by atoms with Crippen molar-refractivity contribution in [2.45, 2.75) is 43.4 Å². The minimum atomic E-state index is -0.243. The summed E-state index contributed by atoms with van der Waals surface area (Å²) in [6, 6.07) is 11.7. The summed E-state index contributed by atoms with van der Waals surface area (Å²) in [5.41, 5.74) is 2.06. The van der Waals surface area contributed by atoms with Gasteiger partial charge >= 0.3 is 0 Å². The Kier molecular flexibility index (Phi) is 4.54. The van der Waals surface area contributed by atoms with Crippen LogP contribution in [0.1, 0.15) is 36.2 Å². The molecule has 0 radical (unpaired) electrons. The third kappa shape index (κ3) is 2.83. The molecule has 2 heterocycles. The van der Waals surface area contributed by atoms with Crippen molar-refractivity contribution in [2.24, 2.45) is 0 Å². The SMILES string of the molecule is CO[C@@H]1CC[C@@]2(OC)CCN(C(=O)c3cc(-c4ccccc4)n[nH]3)[C@H]2C1. The van der Waals surface area contributed by atoms with Gasteiger partial charge in [0.1, 0.15) is 5.69 Å². The average molecular weight is 355 g/mol. The van der Waals surface area contributed by atoms with Crippen molar-refractivity contribution in [1.82, 2.24) is 15.1 Å². The van der Waals surface area contributed by atoms with Crippen LogP contribution in [0.15, 0.2) is 36.4 Å². The minimum Gasteiger partial charge on any atom is -0.381 e. The maximum Gasteiger partial charge on any atom is 0.272 e. The highest BCUT2D eigenvalue weighted by molar-refractivity contribution is 5.94. The Morgan fingerprint density at radius 1 is 1.27 bits per heavy atom. The summed E-state index contributed by atoms with van der Waals surface area (Å²) in [5.74, 6) is -0.0136. The number of fused-ring (bicyclic) bond motifs is 1. The number of ether oxygens (including phenoxy) is 2. The van der Waals surface area contributed by atoms with E-state index >= 15 is 0 Å². The van der Waals surface area contributed by atoms with Gasteiger partial charge in [0, 0.05) is 26.3 Å². The third-order valence-corrected chi connectivity index (χ3v) is 6.01. The summed E-state index contributed by atoms with van der Waals surface area (Å²) in [5, 5.41) is 7.24. The lowest BCUT2D eigenvalue weighted by Crippen LogP contribution is -2.53. The molecule has 0 bridgehead atoms. The fraction of sp³-hybridized carbons (Fsp3) is 0.500. The first-order chi connectivity index (χ1) is 12.7. The summed E-state index contributed by atoms with van der Waals surface area (Å²) < 4.78 is 11.5. The van der Waals surface area contributed by atoms with Gasteiger partial charge < -0.3 is 14.4 Å². The maximum absolute atomic E-state index is 13.2. The lowest BCUT2D eigenvalue weighted by atomic mass is 9.79. The van der Waals surface area contributed by atoms with Crippen LogP contribution in [0.3, 0.4) is 0 Å². The van der Waals surface area contributed by atoms with Crippen LogP contribution in [0, 0.1) is 0 Å². The number of carbonyl (C=O) groups excluding carboxylic acids is 1. The van der Waals surface area contributed by atoms with E-state index in [4.69, 9.17) is 9.47 Å². The van der Waals surface area contributed by atoms with Gasteiger partial charge in [0.2, 0.25) is 0 Å². The van der Waals surface area contributed by atoms with Crippen molar-refractivity contribution in [2.75, 3.05) is 20.8 Å². The molecule has 0 unspecified atom stereocenters. The number of nitrogens with one attached hydrogen (secondary N) is 1. The van der Waals surface area contributed by atoms with E-state index in [2.05, 4.69) is 10.2 Å². The maximum atomic E-state index is 13.2. The third-order valence-electron chi connectivity index (χ3n) is 6.01. The van der Waals surface area contributed by atoms with Crippen LogP contribution >= 0.6 is 0 Å². The molecule has 2 aliphatic rings. The molecule has 138 valence electrons. The molecule has 1 aromatic carbocycles. The number of nitrogens with zero attached hydrogens (tertiary/aromatic N) is 2. The fourth-order valence-corrected chi connectivity index (χ4v) is 4.46. The van der Waals surface area contributed by atoms with Crippen LogP contribution in [0.5, 0.6) is 0 Å². The Hall–Kier alpha value is -2.18. The minimum absolute atomic E-state index is 0.0136. The van der Waals surface area contributed by atoms with E-state index in [0.29, 0.717) is 12.2 Å². The van der Waals surface area contributed by atoms with Gasteiger partial charge in [-0.2, -0.15) is 5.10 Å². The highest BCUT2D eigenvalue weighted by atomic mass is 16.5. The number of methoxy groups -OCH3 is 2. The molecule has 6 nitrogen and oxygen atoms in total. The molecule has 1 saturated carbocycles. The predicted octanol–water partition coefficient (Wildman–Crippen LogP) is 2.88. The van der Waals surface area contributed by atoms with Gasteiger partial charge in [0.25, 0.3) is 5.91 Å². The summed E-state index contributed by atoms with van der Waals surface area (Å²) >= 11 is 0. The Labute approximate surface area is 153 Å². The monoisotopic (exact) mass is 355 g/mol. The molecule has 4 rings (SSSR count). The Bertz CT molecular complexity index is 776. The second kappa shape index (κ2) is 6.85. The van der Waals surface area contributed by atoms with Crippen LogP contribution in [0.4, 0.5) is 0 Å². The Morgan fingerprint density at radius 2 is 2.08 bits per heavy atom. The lowest BCUT2D eigenvalue weighted by Gasteiger charge is -2.43. The van der Waals surface area contributed by atoms with E-state index in [1.165, 1.54) is 0 Å². The molecule has 1 aliphatic heterocycles. The molecule has 1 aromatic heterocycles. The predicted molar refractivity (Wildman–Crippen MR) is 97.9 cm³/mol.